The van der Waals surface area contributed by atoms with E-state index in [-0.39, 0.29) is 0 Å². The van der Waals surface area contributed by atoms with Crippen LogP contribution >= 0.6 is 11.6 Å². The van der Waals surface area contributed by atoms with E-state index >= 15 is 0 Å². The van der Waals surface area contributed by atoms with Gasteiger partial charge in [-0.1, -0.05) is 11.6 Å². The lowest BCUT2D eigenvalue weighted by Gasteiger charge is -2.34. The number of H-pyrrole nitrogens is 1. The van der Waals surface area contributed by atoms with Crippen LogP contribution in [0.4, 0.5) is 5.69 Å². The second-order valence-electron chi connectivity index (χ2n) is 7.67. The number of fused-ring (bicyclic) bond motifs is 1. The first-order chi connectivity index (χ1) is 12.5. The van der Waals surface area contributed by atoms with Crippen LogP contribution in [0, 0.1) is 0 Å². The standard InChI is InChI=1S/C20H27ClN4O/c1-12(2)25-7-5-13(6-8-25)17-11-23-20(24-17)15-10-16(21)18(22)14-4-3-9-26-19(14)15/h10-13H,3-9,22H2,1-2H3,(H,23,24). The molecule has 140 valence electrons. The topological polar surface area (TPSA) is 67.2 Å². The lowest BCUT2D eigenvalue weighted by molar-refractivity contribution is 0.171. The molecule has 0 saturated carbocycles. The number of likely N-dealkylation sites (tertiary alicyclic amines) is 1. The van der Waals surface area contributed by atoms with E-state index in [0.29, 0.717) is 29.3 Å². The number of anilines is 1. The molecule has 0 unspecified atom stereocenters. The van der Waals surface area contributed by atoms with Crippen LogP contribution in [0.1, 0.15) is 50.3 Å². The first-order valence-corrected chi connectivity index (χ1v) is 9.95. The minimum Gasteiger partial charge on any atom is -0.492 e. The number of nitrogens with zero attached hydrogens (tertiary/aromatic N) is 2. The maximum atomic E-state index is 6.37. The minimum atomic E-state index is 0.534. The van der Waals surface area contributed by atoms with Crippen molar-refractivity contribution in [1.82, 2.24) is 14.9 Å². The van der Waals surface area contributed by atoms with Gasteiger partial charge in [0.15, 0.2) is 0 Å². The zero-order chi connectivity index (χ0) is 18.3. The molecule has 3 N–H and O–H groups in total. The molecule has 0 radical (unpaired) electrons. The molecule has 0 spiro atoms. The lowest BCUT2D eigenvalue weighted by atomic mass is 9.93. The molecule has 3 heterocycles. The van der Waals surface area contributed by atoms with Crippen LogP contribution in [-0.4, -0.2) is 40.6 Å². The highest BCUT2D eigenvalue weighted by molar-refractivity contribution is 6.33. The largest absolute Gasteiger partial charge is 0.492 e. The lowest BCUT2D eigenvalue weighted by Crippen LogP contribution is -2.37. The van der Waals surface area contributed by atoms with Gasteiger partial charge < -0.3 is 20.4 Å². The number of halogens is 1. The fraction of sp³-hybridized carbons (Fsp3) is 0.550. The Morgan fingerprint density at radius 1 is 1.35 bits per heavy atom. The summed E-state index contributed by atoms with van der Waals surface area (Å²) in [4.78, 5) is 10.7. The van der Waals surface area contributed by atoms with Gasteiger partial charge in [0.2, 0.25) is 0 Å². The van der Waals surface area contributed by atoms with Gasteiger partial charge in [0, 0.05) is 29.4 Å². The SMILES string of the molecule is CC(C)N1CCC(c2cnc(-c3cc(Cl)c(N)c4c3OCCC4)[nH]2)CC1. The summed E-state index contributed by atoms with van der Waals surface area (Å²) in [7, 11) is 0. The zero-order valence-electron chi connectivity index (χ0n) is 15.5. The van der Waals surface area contributed by atoms with Gasteiger partial charge in [0.1, 0.15) is 11.6 Å². The van der Waals surface area contributed by atoms with E-state index in [4.69, 9.17) is 22.1 Å². The van der Waals surface area contributed by atoms with Crippen molar-refractivity contribution in [2.24, 2.45) is 0 Å². The van der Waals surface area contributed by atoms with Crippen molar-refractivity contribution in [3.05, 3.63) is 28.5 Å². The molecule has 0 atom stereocenters. The fourth-order valence-corrected chi connectivity index (χ4v) is 4.34. The molecule has 2 aromatic rings. The number of aromatic nitrogens is 2. The molecule has 1 aromatic carbocycles. The van der Waals surface area contributed by atoms with Crippen LogP contribution in [0.15, 0.2) is 12.3 Å². The van der Waals surface area contributed by atoms with Crippen molar-refractivity contribution >= 4 is 17.3 Å². The summed E-state index contributed by atoms with van der Waals surface area (Å²) in [6.45, 7) is 7.53. The smallest absolute Gasteiger partial charge is 0.141 e. The highest BCUT2D eigenvalue weighted by Crippen LogP contribution is 2.42. The van der Waals surface area contributed by atoms with Crippen LogP contribution in [0.3, 0.4) is 0 Å². The quantitative estimate of drug-likeness (QED) is 0.789. The Bertz CT molecular complexity index is 793. The minimum absolute atomic E-state index is 0.534. The van der Waals surface area contributed by atoms with Crippen LogP contribution in [0.25, 0.3) is 11.4 Å². The Hall–Kier alpha value is -1.72. The molecule has 26 heavy (non-hydrogen) atoms. The summed E-state index contributed by atoms with van der Waals surface area (Å²) < 4.78 is 5.93. The van der Waals surface area contributed by atoms with E-state index < -0.39 is 0 Å². The predicted octanol–water partition coefficient (Wildman–Crippen LogP) is 4.23. The number of nitrogens with one attached hydrogen (secondary N) is 1. The van der Waals surface area contributed by atoms with E-state index in [1.54, 1.807) is 0 Å². The Kier molecular flexibility index (Phi) is 4.84. The molecule has 1 saturated heterocycles. The van der Waals surface area contributed by atoms with E-state index in [9.17, 15) is 0 Å². The Labute approximate surface area is 159 Å². The first kappa shape index (κ1) is 17.7. The Morgan fingerprint density at radius 3 is 2.85 bits per heavy atom. The average molecular weight is 375 g/mol. The molecular formula is C20H27ClN4O. The Morgan fingerprint density at radius 2 is 2.12 bits per heavy atom. The maximum Gasteiger partial charge on any atom is 0.141 e. The monoisotopic (exact) mass is 374 g/mol. The van der Waals surface area contributed by atoms with Gasteiger partial charge >= 0.3 is 0 Å². The fourth-order valence-electron chi connectivity index (χ4n) is 4.12. The van der Waals surface area contributed by atoms with Gasteiger partial charge in [-0.3, -0.25) is 0 Å². The highest BCUT2D eigenvalue weighted by atomic mass is 35.5. The summed E-state index contributed by atoms with van der Waals surface area (Å²) in [5.41, 5.74) is 9.95. The van der Waals surface area contributed by atoms with Crippen LogP contribution in [0.5, 0.6) is 5.75 Å². The number of nitrogen functional groups attached to an aromatic ring is 1. The average Bonchev–Trinajstić information content (AvgIpc) is 3.15. The second kappa shape index (κ2) is 7.12. The van der Waals surface area contributed by atoms with Crippen molar-refractivity contribution in [2.75, 3.05) is 25.4 Å². The van der Waals surface area contributed by atoms with E-state index in [2.05, 4.69) is 28.7 Å². The number of hydrogen-bond acceptors (Lipinski definition) is 4. The van der Waals surface area contributed by atoms with E-state index in [1.165, 1.54) is 5.69 Å². The normalized spacial score (nSPS) is 18.8. The molecule has 2 aliphatic rings. The highest BCUT2D eigenvalue weighted by Gasteiger charge is 2.26. The predicted molar refractivity (Wildman–Crippen MR) is 106 cm³/mol. The van der Waals surface area contributed by atoms with Crippen molar-refractivity contribution in [2.45, 2.75) is 51.5 Å². The van der Waals surface area contributed by atoms with E-state index in [1.807, 2.05) is 12.3 Å². The van der Waals surface area contributed by atoms with Crippen LogP contribution in [-0.2, 0) is 6.42 Å². The molecule has 1 fully saturated rings. The number of ether oxygens (including phenoxy) is 1. The molecule has 5 nitrogen and oxygen atoms in total. The number of benzene rings is 1. The van der Waals surface area contributed by atoms with Gasteiger partial charge in [-0.05, 0) is 58.7 Å². The van der Waals surface area contributed by atoms with Crippen molar-refractivity contribution in [3.8, 4) is 17.1 Å². The summed E-state index contributed by atoms with van der Waals surface area (Å²) in [5.74, 6) is 2.20. The molecule has 0 bridgehead atoms. The first-order valence-electron chi connectivity index (χ1n) is 9.57. The van der Waals surface area contributed by atoms with Crippen LogP contribution < -0.4 is 10.5 Å². The van der Waals surface area contributed by atoms with Crippen molar-refractivity contribution in [1.29, 1.82) is 0 Å². The molecule has 2 aliphatic heterocycles. The van der Waals surface area contributed by atoms with Gasteiger partial charge in [-0.2, -0.15) is 0 Å². The van der Waals surface area contributed by atoms with Crippen molar-refractivity contribution < 1.29 is 4.74 Å². The number of aromatic amines is 1. The van der Waals surface area contributed by atoms with Gasteiger partial charge in [0.05, 0.1) is 22.9 Å². The van der Waals surface area contributed by atoms with Crippen LogP contribution in [0.2, 0.25) is 5.02 Å². The summed E-state index contributed by atoms with van der Waals surface area (Å²) in [5, 5.41) is 0.576. The van der Waals surface area contributed by atoms with E-state index in [0.717, 1.165) is 61.5 Å². The summed E-state index contributed by atoms with van der Waals surface area (Å²) in [6, 6.07) is 2.50. The number of hydrogen-bond donors (Lipinski definition) is 2. The summed E-state index contributed by atoms with van der Waals surface area (Å²) >= 11 is 6.37. The number of piperidine rings is 1. The zero-order valence-corrected chi connectivity index (χ0v) is 16.3. The number of nitrogens with two attached hydrogens (primary N) is 1. The second-order valence-corrected chi connectivity index (χ2v) is 8.08. The Balaban J connectivity index is 1.60. The third-order valence-electron chi connectivity index (χ3n) is 5.74. The van der Waals surface area contributed by atoms with Gasteiger partial charge in [0.25, 0.3) is 0 Å². The summed E-state index contributed by atoms with van der Waals surface area (Å²) in [6.07, 6.45) is 6.17. The van der Waals surface area contributed by atoms with Crippen molar-refractivity contribution in [3.63, 3.8) is 0 Å². The van der Waals surface area contributed by atoms with Gasteiger partial charge in [-0.25, -0.2) is 4.98 Å². The maximum absolute atomic E-state index is 6.37. The molecule has 4 rings (SSSR count). The molecule has 0 aliphatic carbocycles. The number of rotatable bonds is 3. The molecule has 0 amide bonds. The third-order valence-corrected chi connectivity index (χ3v) is 6.05. The molecule has 1 aromatic heterocycles. The molecule has 6 heteroatoms. The van der Waals surface area contributed by atoms with Gasteiger partial charge in [-0.15, -0.1) is 0 Å². The number of imidazole rings is 1. The third kappa shape index (κ3) is 3.19. The molecular weight excluding hydrogens is 348 g/mol.